The molecule has 5 nitrogen and oxygen atoms in total. The Bertz CT molecular complexity index is 900. The summed E-state index contributed by atoms with van der Waals surface area (Å²) >= 11 is 6.07. The minimum atomic E-state index is -0.610. The zero-order valence-electron chi connectivity index (χ0n) is 19.7. The zero-order valence-corrected chi connectivity index (χ0v) is 20.4. The highest BCUT2D eigenvalue weighted by atomic mass is 35.5. The summed E-state index contributed by atoms with van der Waals surface area (Å²) in [5.74, 6) is 2.33. The molecule has 0 bridgehead atoms. The SMILES string of the molecule is C[C@H]1C[C@H](C)CN(CCOc2ccc(NC(=O)C3(c4ccc(Cl)cc4)CCOCC3)cc2)C1. The Morgan fingerprint density at radius 3 is 2.33 bits per heavy atom. The van der Waals surface area contributed by atoms with E-state index in [1.54, 1.807) is 0 Å². The van der Waals surface area contributed by atoms with Crippen molar-refractivity contribution in [1.82, 2.24) is 4.90 Å². The van der Waals surface area contributed by atoms with E-state index in [4.69, 9.17) is 21.1 Å². The summed E-state index contributed by atoms with van der Waals surface area (Å²) < 4.78 is 11.5. The number of nitrogens with zero attached hydrogens (tertiary/aromatic N) is 1. The van der Waals surface area contributed by atoms with E-state index in [1.807, 2.05) is 48.5 Å². The van der Waals surface area contributed by atoms with Crippen LogP contribution in [-0.4, -0.2) is 50.3 Å². The smallest absolute Gasteiger partial charge is 0.235 e. The summed E-state index contributed by atoms with van der Waals surface area (Å²) in [6, 6.07) is 15.3. The molecule has 2 aliphatic rings. The van der Waals surface area contributed by atoms with Gasteiger partial charge in [0.15, 0.2) is 0 Å². The van der Waals surface area contributed by atoms with E-state index in [-0.39, 0.29) is 5.91 Å². The lowest BCUT2D eigenvalue weighted by molar-refractivity contribution is -0.125. The number of benzene rings is 2. The predicted octanol–water partition coefficient (Wildman–Crippen LogP) is 5.38. The maximum absolute atomic E-state index is 13.4. The van der Waals surface area contributed by atoms with Crippen molar-refractivity contribution in [3.63, 3.8) is 0 Å². The van der Waals surface area contributed by atoms with Gasteiger partial charge in [-0.2, -0.15) is 0 Å². The van der Waals surface area contributed by atoms with E-state index in [0.717, 1.165) is 48.5 Å². The Kier molecular flexibility index (Phi) is 7.94. The van der Waals surface area contributed by atoms with Gasteiger partial charge in [0.1, 0.15) is 12.4 Å². The number of ether oxygens (including phenoxy) is 2. The number of rotatable bonds is 7. The van der Waals surface area contributed by atoms with E-state index in [0.29, 0.717) is 37.7 Å². The molecule has 0 radical (unpaired) electrons. The molecule has 2 saturated heterocycles. The highest BCUT2D eigenvalue weighted by Crippen LogP contribution is 2.37. The van der Waals surface area contributed by atoms with Gasteiger partial charge in [-0.05, 0) is 73.1 Å². The van der Waals surface area contributed by atoms with Crippen LogP contribution < -0.4 is 10.1 Å². The second-order valence-corrected chi connectivity index (χ2v) is 10.2. The Labute approximate surface area is 202 Å². The number of likely N-dealkylation sites (tertiary alicyclic amines) is 1. The first-order valence-electron chi connectivity index (χ1n) is 12.0. The van der Waals surface area contributed by atoms with Gasteiger partial charge in [-0.25, -0.2) is 0 Å². The van der Waals surface area contributed by atoms with Gasteiger partial charge in [0.25, 0.3) is 0 Å². The molecule has 2 atom stereocenters. The van der Waals surface area contributed by atoms with Crippen molar-refractivity contribution in [3.05, 3.63) is 59.1 Å². The van der Waals surface area contributed by atoms with Gasteiger partial charge >= 0.3 is 0 Å². The van der Waals surface area contributed by atoms with Gasteiger partial charge in [0.2, 0.25) is 5.91 Å². The lowest BCUT2D eigenvalue weighted by Gasteiger charge is -2.36. The van der Waals surface area contributed by atoms with Gasteiger partial charge in [0.05, 0.1) is 5.41 Å². The minimum absolute atomic E-state index is 0.00451. The Balaban J connectivity index is 1.34. The van der Waals surface area contributed by atoms with Gasteiger partial charge in [-0.15, -0.1) is 0 Å². The largest absolute Gasteiger partial charge is 0.492 e. The van der Waals surface area contributed by atoms with Crippen molar-refractivity contribution in [2.45, 2.75) is 38.5 Å². The summed E-state index contributed by atoms with van der Waals surface area (Å²) in [5, 5.41) is 3.79. The van der Waals surface area contributed by atoms with Crippen LogP contribution in [0.25, 0.3) is 0 Å². The highest BCUT2D eigenvalue weighted by molar-refractivity contribution is 6.30. The van der Waals surface area contributed by atoms with Crippen LogP contribution in [0.1, 0.15) is 38.7 Å². The lowest BCUT2D eigenvalue weighted by atomic mass is 9.73. The molecule has 1 amide bonds. The molecule has 0 saturated carbocycles. The number of anilines is 1. The summed E-state index contributed by atoms with van der Waals surface area (Å²) in [6.45, 7) is 9.71. The molecule has 2 fully saturated rings. The zero-order chi connectivity index (χ0) is 23.3. The molecule has 2 aliphatic heterocycles. The van der Waals surface area contributed by atoms with Crippen molar-refractivity contribution in [2.75, 3.05) is 44.8 Å². The number of hydrogen-bond donors (Lipinski definition) is 1. The Hall–Kier alpha value is -2.08. The van der Waals surface area contributed by atoms with Crippen LogP contribution in [-0.2, 0) is 14.9 Å². The van der Waals surface area contributed by atoms with E-state index >= 15 is 0 Å². The first-order valence-corrected chi connectivity index (χ1v) is 12.4. The number of carbonyl (C=O) groups is 1. The third-order valence-electron chi connectivity index (χ3n) is 6.91. The summed E-state index contributed by atoms with van der Waals surface area (Å²) in [5.41, 5.74) is 1.14. The molecule has 178 valence electrons. The first-order chi connectivity index (χ1) is 15.9. The fourth-order valence-corrected chi connectivity index (χ4v) is 5.41. The molecule has 33 heavy (non-hydrogen) atoms. The standard InChI is InChI=1S/C27H35ClN2O3/c1-20-17-21(2)19-30(18-20)13-16-33-25-9-7-24(8-10-25)29-26(31)27(11-14-32-15-12-27)22-3-5-23(28)6-4-22/h3-10,20-21H,11-19H2,1-2H3,(H,29,31)/t20-,21-/m0/s1. The van der Waals surface area contributed by atoms with Gasteiger partial charge < -0.3 is 14.8 Å². The molecule has 2 heterocycles. The van der Waals surface area contributed by atoms with Crippen LogP contribution in [0.5, 0.6) is 5.75 Å². The van der Waals surface area contributed by atoms with Crippen LogP contribution in [0, 0.1) is 11.8 Å². The molecular formula is C27H35ClN2O3. The highest BCUT2D eigenvalue weighted by Gasteiger charge is 2.41. The number of carbonyl (C=O) groups excluding carboxylic acids is 1. The van der Waals surface area contributed by atoms with Crippen LogP contribution in [0.4, 0.5) is 5.69 Å². The van der Waals surface area contributed by atoms with E-state index in [1.165, 1.54) is 6.42 Å². The third kappa shape index (κ3) is 6.08. The summed E-state index contributed by atoms with van der Waals surface area (Å²) in [7, 11) is 0. The van der Waals surface area contributed by atoms with Crippen molar-refractivity contribution < 1.29 is 14.3 Å². The average molecular weight is 471 g/mol. The molecule has 6 heteroatoms. The molecule has 0 spiro atoms. The lowest BCUT2D eigenvalue weighted by Crippen LogP contribution is -2.44. The van der Waals surface area contributed by atoms with Gasteiger partial charge in [-0.3, -0.25) is 9.69 Å². The monoisotopic (exact) mass is 470 g/mol. The fourth-order valence-electron chi connectivity index (χ4n) is 5.29. The van der Waals surface area contributed by atoms with Crippen LogP contribution in [0.2, 0.25) is 5.02 Å². The third-order valence-corrected chi connectivity index (χ3v) is 7.16. The predicted molar refractivity (Wildman–Crippen MR) is 133 cm³/mol. The average Bonchev–Trinajstić information content (AvgIpc) is 2.80. The maximum atomic E-state index is 13.4. The summed E-state index contributed by atoms with van der Waals surface area (Å²) in [4.78, 5) is 15.9. The van der Waals surface area contributed by atoms with Crippen molar-refractivity contribution in [3.8, 4) is 5.75 Å². The molecular weight excluding hydrogens is 436 g/mol. The van der Waals surface area contributed by atoms with Crippen LogP contribution in [0.3, 0.4) is 0 Å². The van der Waals surface area contributed by atoms with E-state index < -0.39 is 5.41 Å². The fraction of sp³-hybridized carbons (Fsp3) is 0.519. The molecule has 1 N–H and O–H groups in total. The molecule has 2 aromatic rings. The number of hydrogen-bond acceptors (Lipinski definition) is 4. The second-order valence-electron chi connectivity index (χ2n) is 9.73. The molecule has 0 unspecified atom stereocenters. The Morgan fingerprint density at radius 2 is 1.70 bits per heavy atom. The normalized spacial score (nSPS) is 23.1. The molecule has 0 aliphatic carbocycles. The van der Waals surface area contributed by atoms with E-state index in [9.17, 15) is 4.79 Å². The topological polar surface area (TPSA) is 50.8 Å². The van der Waals surface area contributed by atoms with Crippen LogP contribution >= 0.6 is 11.6 Å². The van der Waals surface area contributed by atoms with Gasteiger partial charge in [0, 0.05) is 43.6 Å². The molecule has 2 aromatic carbocycles. The summed E-state index contributed by atoms with van der Waals surface area (Å²) in [6.07, 6.45) is 2.61. The number of amides is 1. The molecule has 0 aromatic heterocycles. The Morgan fingerprint density at radius 1 is 1.06 bits per heavy atom. The number of piperidine rings is 1. The minimum Gasteiger partial charge on any atom is -0.492 e. The van der Waals surface area contributed by atoms with Crippen molar-refractivity contribution in [2.24, 2.45) is 11.8 Å². The maximum Gasteiger partial charge on any atom is 0.235 e. The first kappa shape index (κ1) is 24.1. The van der Waals surface area contributed by atoms with Crippen molar-refractivity contribution >= 4 is 23.2 Å². The van der Waals surface area contributed by atoms with E-state index in [2.05, 4.69) is 24.1 Å². The molecule has 4 rings (SSSR count). The quantitative estimate of drug-likeness (QED) is 0.590. The number of nitrogens with one attached hydrogen (secondary N) is 1. The van der Waals surface area contributed by atoms with Crippen LogP contribution in [0.15, 0.2) is 48.5 Å². The second kappa shape index (κ2) is 10.9. The van der Waals surface area contributed by atoms with Gasteiger partial charge in [-0.1, -0.05) is 37.6 Å². The number of halogens is 1. The van der Waals surface area contributed by atoms with Crippen molar-refractivity contribution in [1.29, 1.82) is 0 Å².